The summed E-state index contributed by atoms with van der Waals surface area (Å²) < 4.78 is 15.5. The van der Waals surface area contributed by atoms with Crippen LogP contribution < -0.4 is 19.5 Å². The molecule has 1 aliphatic heterocycles. The zero-order chi connectivity index (χ0) is 18.5. The molecule has 3 rings (SSSR count). The van der Waals surface area contributed by atoms with E-state index in [1.165, 1.54) is 24.3 Å². The van der Waals surface area contributed by atoms with E-state index in [9.17, 15) is 14.9 Å². The summed E-state index contributed by atoms with van der Waals surface area (Å²) >= 11 is 0. The van der Waals surface area contributed by atoms with E-state index < -0.39 is 4.92 Å². The van der Waals surface area contributed by atoms with Crippen LogP contribution in [0.5, 0.6) is 17.2 Å². The summed E-state index contributed by atoms with van der Waals surface area (Å²) in [6.07, 6.45) is 2.62. The number of methoxy groups -OCH3 is 1. The number of rotatable bonds is 6. The highest BCUT2D eigenvalue weighted by Crippen LogP contribution is 2.38. The molecule has 1 N–H and O–H groups in total. The first-order valence-corrected chi connectivity index (χ1v) is 7.73. The predicted octanol–water partition coefficient (Wildman–Crippen LogP) is 2.66. The normalized spacial score (nSPS) is 12.2. The van der Waals surface area contributed by atoms with E-state index in [4.69, 9.17) is 14.2 Å². The summed E-state index contributed by atoms with van der Waals surface area (Å²) in [6.45, 7) is 0.324. The molecule has 0 aromatic heterocycles. The largest absolute Gasteiger partial charge is 0.497 e. The van der Waals surface area contributed by atoms with Gasteiger partial charge in [0.05, 0.1) is 23.7 Å². The van der Waals surface area contributed by atoms with E-state index >= 15 is 0 Å². The first kappa shape index (κ1) is 17.3. The Kier molecular flexibility index (Phi) is 5.02. The van der Waals surface area contributed by atoms with Gasteiger partial charge < -0.3 is 19.5 Å². The van der Waals surface area contributed by atoms with E-state index in [2.05, 4.69) is 5.32 Å². The van der Waals surface area contributed by atoms with Gasteiger partial charge in [-0.25, -0.2) is 0 Å². The van der Waals surface area contributed by atoms with Crippen LogP contribution in [0.2, 0.25) is 0 Å². The molecule has 0 atom stereocenters. The number of nitro groups is 1. The number of hydrogen-bond acceptors (Lipinski definition) is 6. The lowest BCUT2D eigenvalue weighted by Crippen LogP contribution is -2.20. The highest BCUT2D eigenvalue weighted by Gasteiger charge is 2.22. The molecule has 8 heteroatoms. The molecule has 0 unspecified atom stereocenters. The summed E-state index contributed by atoms with van der Waals surface area (Å²) in [5, 5.41) is 13.9. The van der Waals surface area contributed by atoms with Crippen LogP contribution in [0.25, 0.3) is 6.08 Å². The van der Waals surface area contributed by atoms with Crippen LogP contribution in [0.3, 0.4) is 0 Å². The fraction of sp³-hybridized carbons (Fsp3) is 0.167. The summed E-state index contributed by atoms with van der Waals surface area (Å²) in [4.78, 5) is 22.7. The van der Waals surface area contributed by atoms with E-state index in [-0.39, 0.29) is 24.0 Å². The summed E-state index contributed by atoms with van der Waals surface area (Å²) in [5.74, 6) is 1.05. The first-order chi connectivity index (χ1) is 12.6. The molecule has 0 spiro atoms. The quantitative estimate of drug-likeness (QED) is 0.485. The highest BCUT2D eigenvalue weighted by atomic mass is 16.7. The van der Waals surface area contributed by atoms with Crippen molar-refractivity contribution in [3.63, 3.8) is 0 Å². The number of benzene rings is 2. The Morgan fingerprint density at radius 3 is 2.81 bits per heavy atom. The fourth-order valence-corrected chi connectivity index (χ4v) is 2.43. The minimum atomic E-state index is -0.532. The number of amides is 1. The number of carbonyl (C=O) groups is 1. The second-order valence-corrected chi connectivity index (χ2v) is 5.42. The van der Waals surface area contributed by atoms with E-state index in [1.54, 1.807) is 7.11 Å². The molecule has 0 saturated heterocycles. The second-order valence-electron chi connectivity index (χ2n) is 5.42. The molecule has 0 aliphatic carbocycles. The van der Waals surface area contributed by atoms with Gasteiger partial charge in [-0.1, -0.05) is 12.1 Å². The maximum Gasteiger partial charge on any atom is 0.280 e. The van der Waals surface area contributed by atoms with Crippen LogP contribution in [0.1, 0.15) is 11.1 Å². The van der Waals surface area contributed by atoms with Crippen LogP contribution in [-0.2, 0) is 11.3 Å². The zero-order valence-corrected chi connectivity index (χ0v) is 13.9. The van der Waals surface area contributed by atoms with Gasteiger partial charge >= 0.3 is 0 Å². The van der Waals surface area contributed by atoms with Gasteiger partial charge in [0.2, 0.25) is 12.7 Å². The van der Waals surface area contributed by atoms with Crippen LogP contribution in [0, 0.1) is 10.1 Å². The molecular formula is C18H16N2O6. The Morgan fingerprint density at radius 1 is 1.31 bits per heavy atom. The van der Waals surface area contributed by atoms with Gasteiger partial charge in [-0.2, -0.15) is 0 Å². The van der Waals surface area contributed by atoms with Crippen LogP contribution in [0.15, 0.2) is 42.5 Å². The zero-order valence-electron chi connectivity index (χ0n) is 13.9. The van der Waals surface area contributed by atoms with Crippen molar-refractivity contribution in [2.75, 3.05) is 13.9 Å². The maximum atomic E-state index is 12.0. The molecule has 26 heavy (non-hydrogen) atoms. The van der Waals surface area contributed by atoms with Crippen molar-refractivity contribution in [3.05, 3.63) is 63.7 Å². The lowest BCUT2D eigenvalue weighted by Gasteiger charge is -2.05. The Morgan fingerprint density at radius 2 is 2.08 bits per heavy atom. The summed E-state index contributed by atoms with van der Waals surface area (Å²) in [6, 6.07) is 10.1. The molecule has 1 heterocycles. The topological polar surface area (TPSA) is 99.9 Å². The summed E-state index contributed by atoms with van der Waals surface area (Å²) in [7, 11) is 1.57. The molecule has 8 nitrogen and oxygen atoms in total. The fourth-order valence-electron chi connectivity index (χ4n) is 2.43. The van der Waals surface area contributed by atoms with Gasteiger partial charge in [0.15, 0.2) is 11.5 Å². The van der Waals surface area contributed by atoms with Gasteiger partial charge in [0, 0.05) is 12.6 Å². The van der Waals surface area contributed by atoms with E-state index in [0.29, 0.717) is 23.8 Å². The molecule has 0 bridgehead atoms. The maximum absolute atomic E-state index is 12.0. The van der Waals surface area contributed by atoms with Crippen LogP contribution in [-0.4, -0.2) is 24.7 Å². The minimum Gasteiger partial charge on any atom is -0.497 e. The molecule has 0 radical (unpaired) electrons. The third-order valence-corrected chi connectivity index (χ3v) is 3.73. The van der Waals surface area contributed by atoms with Gasteiger partial charge in [-0.3, -0.25) is 14.9 Å². The van der Waals surface area contributed by atoms with Crippen molar-refractivity contribution in [3.8, 4) is 17.2 Å². The SMILES string of the molecule is COc1cccc(CNC(=O)/C=C/c2cc3c(cc2[N+](=O)[O-])OCO3)c1. The van der Waals surface area contributed by atoms with Gasteiger partial charge in [-0.15, -0.1) is 0 Å². The van der Waals surface area contributed by atoms with Crippen molar-refractivity contribution >= 4 is 17.7 Å². The molecule has 1 aliphatic rings. The number of ether oxygens (including phenoxy) is 3. The first-order valence-electron chi connectivity index (χ1n) is 7.73. The van der Waals surface area contributed by atoms with Crippen molar-refractivity contribution in [1.82, 2.24) is 5.32 Å². The molecule has 2 aromatic carbocycles. The Bertz CT molecular complexity index is 878. The molecule has 0 saturated carbocycles. The average molecular weight is 356 g/mol. The van der Waals surface area contributed by atoms with Crippen molar-refractivity contribution in [2.24, 2.45) is 0 Å². The Hall–Kier alpha value is -3.55. The van der Waals surface area contributed by atoms with Crippen LogP contribution >= 0.6 is 0 Å². The minimum absolute atomic E-state index is 0.0146. The van der Waals surface area contributed by atoms with Crippen molar-refractivity contribution in [2.45, 2.75) is 6.54 Å². The monoisotopic (exact) mass is 356 g/mol. The number of nitrogens with one attached hydrogen (secondary N) is 1. The number of nitrogens with zero attached hydrogens (tertiary/aromatic N) is 1. The Balaban J connectivity index is 1.69. The number of hydrogen-bond donors (Lipinski definition) is 1. The standard InChI is InChI=1S/C18H16N2O6/c1-24-14-4-2-3-12(7-14)10-19-18(21)6-5-13-8-16-17(26-11-25-16)9-15(13)20(22)23/h2-9H,10-11H2,1H3,(H,19,21)/b6-5+. The third-order valence-electron chi connectivity index (χ3n) is 3.73. The molecule has 134 valence electrons. The van der Waals surface area contributed by atoms with Gasteiger partial charge in [0.1, 0.15) is 5.75 Å². The van der Waals surface area contributed by atoms with E-state index in [1.807, 2.05) is 24.3 Å². The molecule has 1 amide bonds. The van der Waals surface area contributed by atoms with E-state index in [0.717, 1.165) is 5.56 Å². The lowest BCUT2D eigenvalue weighted by atomic mass is 10.1. The van der Waals surface area contributed by atoms with Crippen molar-refractivity contribution < 1.29 is 23.9 Å². The molecule has 2 aromatic rings. The average Bonchev–Trinajstić information content (AvgIpc) is 3.11. The summed E-state index contributed by atoms with van der Waals surface area (Å²) in [5.41, 5.74) is 0.974. The van der Waals surface area contributed by atoms with Gasteiger partial charge in [-0.05, 0) is 29.8 Å². The molecular weight excluding hydrogens is 340 g/mol. The number of carbonyl (C=O) groups excluding carboxylic acids is 1. The lowest BCUT2D eigenvalue weighted by molar-refractivity contribution is -0.385. The number of nitro benzene ring substituents is 1. The predicted molar refractivity (Wildman–Crippen MR) is 93.1 cm³/mol. The smallest absolute Gasteiger partial charge is 0.280 e. The Labute approximate surface area is 149 Å². The molecule has 0 fully saturated rings. The van der Waals surface area contributed by atoms with Gasteiger partial charge in [0.25, 0.3) is 5.69 Å². The second kappa shape index (κ2) is 7.56. The van der Waals surface area contributed by atoms with Crippen LogP contribution in [0.4, 0.5) is 5.69 Å². The number of fused-ring (bicyclic) bond motifs is 1. The third kappa shape index (κ3) is 3.92. The highest BCUT2D eigenvalue weighted by molar-refractivity contribution is 5.92. The van der Waals surface area contributed by atoms with Crippen molar-refractivity contribution in [1.29, 1.82) is 0 Å².